The molecule has 1 saturated heterocycles. The Morgan fingerprint density at radius 2 is 1.82 bits per heavy atom. The third kappa shape index (κ3) is 6.89. The first kappa shape index (κ1) is 25.4. The van der Waals surface area contributed by atoms with Gasteiger partial charge in [-0.25, -0.2) is 17.6 Å². The van der Waals surface area contributed by atoms with Crippen molar-refractivity contribution in [2.24, 2.45) is 0 Å². The Hall–Kier alpha value is -3.22. The minimum Gasteiger partial charge on any atom is -0.455 e. The van der Waals surface area contributed by atoms with Crippen LogP contribution in [0.4, 0.5) is 14.9 Å². The topological polar surface area (TPSA) is 126 Å². The molecule has 3 N–H and O–H groups in total. The molecule has 34 heavy (non-hydrogen) atoms. The number of nitrogens with zero attached hydrogens (tertiary/aromatic N) is 1. The van der Waals surface area contributed by atoms with Crippen molar-refractivity contribution in [1.82, 2.24) is 14.9 Å². The predicted molar refractivity (Wildman–Crippen MR) is 123 cm³/mol. The second-order valence-corrected chi connectivity index (χ2v) is 9.33. The summed E-state index contributed by atoms with van der Waals surface area (Å²) in [4.78, 5) is 23.9. The van der Waals surface area contributed by atoms with Gasteiger partial charge in [-0.1, -0.05) is 6.92 Å². The molecular weight excluding hydrogens is 467 g/mol. The first-order valence-corrected chi connectivity index (χ1v) is 12.2. The zero-order valence-corrected chi connectivity index (χ0v) is 19.5. The van der Waals surface area contributed by atoms with E-state index in [1.165, 1.54) is 46.8 Å². The molecule has 1 aliphatic heterocycles. The molecule has 12 heteroatoms. The number of sulfonamides is 1. The molecule has 2 aromatic carbocycles. The van der Waals surface area contributed by atoms with Crippen LogP contribution < -0.4 is 20.7 Å². The van der Waals surface area contributed by atoms with Gasteiger partial charge in [0.05, 0.1) is 30.3 Å². The maximum absolute atomic E-state index is 13.2. The van der Waals surface area contributed by atoms with E-state index >= 15 is 0 Å². The van der Waals surface area contributed by atoms with Crippen LogP contribution in [-0.2, 0) is 19.6 Å². The summed E-state index contributed by atoms with van der Waals surface area (Å²) in [5, 5.41) is 7.53. The number of halogens is 1. The van der Waals surface area contributed by atoms with Crippen molar-refractivity contribution < 1.29 is 31.9 Å². The van der Waals surface area contributed by atoms with Gasteiger partial charge in [-0.2, -0.15) is 4.31 Å². The van der Waals surface area contributed by atoms with E-state index in [0.717, 1.165) is 0 Å². The Balaban J connectivity index is 1.81. The molecule has 0 unspecified atom stereocenters. The molecule has 0 atom stereocenters. The minimum atomic E-state index is -3.80. The fraction of sp³-hybridized carbons (Fsp3) is 0.364. The van der Waals surface area contributed by atoms with Crippen molar-refractivity contribution in [3.63, 3.8) is 0 Å². The first-order chi connectivity index (χ1) is 16.3. The number of hydrogen-bond acceptors (Lipinski definition) is 7. The standard InChI is InChI=1S/C22H27FN4O6S/c1-2-9-24-22(29)26-21(28)15-25-19-14-18(34(30,31)27-10-12-32-13-11-27)7-8-20(19)33-17-5-3-16(23)4-6-17/h3-8,14,25H,2,9-13,15H2,1H3,(H2,24,26,28,29). The van der Waals surface area contributed by atoms with Crippen LogP contribution in [0, 0.1) is 5.82 Å². The molecule has 0 radical (unpaired) electrons. The number of hydrogen-bond donors (Lipinski definition) is 3. The van der Waals surface area contributed by atoms with Crippen LogP contribution in [0.1, 0.15) is 13.3 Å². The van der Waals surface area contributed by atoms with Gasteiger partial charge >= 0.3 is 6.03 Å². The van der Waals surface area contributed by atoms with Gasteiger partial charge in [0.2, 0.25) is 15.9 Å². The average Bonchev–Trinajstić information content (AvgIpc) is 2.84. The lowest BCUT2D eigenvalue weighted by molar-refractivity contribution is -0.118. The van der Waals surface area contributed by atoms with Gasteiger partial charge in [-0.3, -0.25) is 10.1 Å². The van der Waals surface area contributed by atoms with Gasteiger partial charge in [0.1, 0.15) is 11.6 Å². The molecular formula is C22H27FN4O6S. The Morgan fingerprint density at radius 3 is 2.50 bits per heavy atom. The van der Waals surface area contributed by atoms with Crippen molar-refractivity contribution in [2.75, 3.05) is 44.7 Å². The summed E-state index contributed by atoms with van der Waals surface area (Å²) in [5.74, 6) is -0.522. The molecule has 1 aliphatic rings. The predicted octanol–water partition coefficient (Wildman–Crippen LogP) is 2.29. The highest BCUT2D eigenvalue weighted by atomic mass is 32.2. The van der Waals surface area contributed by atoms with Crippen molar-refractivity contribution in [2.45, 2.75) is 18.2 Å². The Labute approximate surface area is 197 Å². The molecule has 0 saturated carbocycles. The summed E-state index contributed by atoms with van der Waals surface area (Å²) in [5.41, 5.74) is 0.211. The molecule has 0 aliphatic carbocycles. The SMILES string of the molecule is CCCNC(=O)NC(=O)CNc1cc(S(=O)(=O)N2CCOCC2)ccc1Oc1ccc(F)cc1. The third-order valence-corrected chi connectivity index (χ3v) is 6.72. The van der Waals surface area contributed by atoms with E-state index in [9.17, 15) is 22.4 Å². The van der Waals surface area contributed by atoms with Gasteiger partial charge in [-0.15, -0.1) is 0 Å². The van der Waals surface area contributed by atoms with E-state index in [1.807, 2.05) is 6.92 Å². The summed E-state index contributed by atoms with van der Waals surface area (Å²) in [6.07, 6.45) is 0.717. The molecule has 1 fully saturated rings. The van der Waals surface area contributed by atoms with Crippen LogP contribution in [0.15, 0.2) is 47.4 Å². The second kappa shape index (κ2) is 11.8. The van der Waals surface area contributed by atoms with Gasteiger partial charge in [0.25, 0.3) is 0 Å². The van der Waals surface area contributed by atoms with E-state index in [4.69, 9.17) is 9.47 Å². The summed E-state index contributed by atoms with van der Waals surface area (Å²) in [6, 6.07) is 8.86. The number of rotatable bonds is 9. The Morgan fingerprint density at radius 1 is 1.12 bits per heavy atom. The number of anilines is 1. The number of morpholine rings is 1. The number of nitrogens with one attached hydrogen (secondary N) is 3. The lowest BCUT2D eigenvalue weighted by atomic mass is 10.2. The average molecular weight is 495 g/mol. The third-order valence-electron chi connectivity index (χ3n) is 4.83. The number of imide groups is 1. The minimum absolute atomic E-state index is 0.00412. The molecule has 0 aromatic heterocycles. The summed E-state index contributed by atoms with van der Waals surface area (Å²) in [7, 11) is -3.80. The molecule has 0 bridgehead atoms. The molecule has 184 valence electrons. The van der Waals surface area contributed by atoms with Crippen molar-refractivity contribution in [1.29, 1.82) is 0 Å². The molecule has 3 rings (SSSR count). The van der Waals surface area contributed by atoms with Crippen molar-refractivity contribution >= 4 is 27.6 Å². The summed E-state index contributed by atoms with van der Waals surface area (Å²) >= 11 is 0. The normalized spacial score (nSPS) is 14.3. The number of amides is 3. The first-order valence-electron chi connectivity index (χ1n) is 10.8. The van der Waals surface area contributed by atoms with Gasteiger partial charge in [0.15, 0.2) is 5.75 Å². The van der Waals surface area contributed by atoms with Crippen LogP contribution in [-0.4, -0.2) is 64.1 Å². The second-order valence-electron chi connectivity index (χ2n) is 7.39. The highest BCUT2D eigenvalue weighted by molar-refractivity contribution is 7.89. The van der Waals surface area contributed by atoms with Crippen LogP contribution in [0.5, 0.6) is 11.5 Å². The molecule has 10 nitrogen and oxygen atoms in total. The molecule has 3 amide bonds. The maximum Gasteiger partial charge on any atom is 0.321 e. The smallest absolute Gasteiger partial charge is 0.321 e. The van der Waals surface area contributed by atoms with Crippen LogP contribution >= 0.6 is 0 Å². The van der Waals surface area contributed by atoms with E-state index < -0.39 is 27.8 Å². The lowest BCUT2D eigenvalue weighted by Gasteiger charge is -2.26. The highest BCUT2D eigenvalue weighted by Gasteiger charge is 2.27. The molecule has 0 spiro atoms. The number of benzene rings is 2. The van der Waals surface area contributed by atoms with Gasteiger partial charge in [-0.05, 0) is 48.9 Å². The van der Waals surface area contributed by atoms with E-state index in [0.29, 0.717) is 31.9 Å². The summed E-state index contributed by atoms with van der Waals surface area (Å²) in [6.45, 7) is 3.05. The van der Waals surface area contributed by atoms with E-state index in [2.05, 4.69) is 16.0 Å². The van der Waals surface area contributed by atoms with Crippen molar-refractivity contribution in [3.05, 3.63) is 48.3 Å². The molecule has 2 aromatic rings. The lowest BCUT2D eigenvalue weighted by Crippen LogP contribution is -2.42. The fourth-order valence-corrected chi connectivity index (χ4v) is 4.53. The van der Waals surface area contributed by atoms with Gasteiger partial charge < -0.3 is 20.1 Å². The van der Waals surface area contributed by atoms with Crippen molar-refractivity contribution in [3.8, 4) is 11.5 Å². The summed E-state index contributed by atoms with van der Waals surface area (Å²) < 4.78 is 51.7. The number of urea groups is 1. The quantitative estimate of drug-likeness (QED) is 0.488. The number of ether oxygens (including phenoxy) is 2. The highest BCUT2D eigenvalue weighted by Crippen LogP contribution is 2.33. The van der Waals surface area contributed by atoms with Crippen LogP contribution in [0.2, 0.25) is 0 Å². The maximum atomic E-state index is 13.2. The number of carbonyl (C=O) groups is 2. The van der Waals surface area contributed by atoms with E-state index in [-0.39, 0.29) is 36.0 Å². The fourth-order valence-electron chi connectivity index (χ4n) is 3.09. The van der Waals surface area contributed by atoms with E-state index in [1.54, 1.807) is 0 Å². The monoisotopic (exact) mass is 494 g/mol. The number of carbonyl (C=O) groups excluding carboxylic acids is 2. The zero-order chi connectivity index (χ0) is 24.6. The van der Waals surface area contributed by atoms with Gasteiger partial charge in [0, 0.05) is 19.6 Å². The zero-order valence-electron chi connectivity index (χ0n) is 18.7. The Kier molecular flexibility index (Phi) is 8.79. The Bertz CT molecular complexity index is 1100. The van der Waals surface area contributed by atoms with Crippen LogP contribution in [0.25, 0.3) is 0 Å². The largest absolute Gasteiger partial charge is 0.455 e. The van der Waals surface area contributed by atoms with Crippen LogP contribution in [0.3, 0.4) is 0 Å². The molecule has 1 heterocycles.